The van der Waals surface area contributed by atoms with E-state index < -0.39 is 18.5 Å². The molecule has 1 fully saturated rings. The molecular formula is C20H24ClF2N3O. The molecule has 0 aromatic heterocycles. The van der Waals surface area contributed by atoms with E-state index in [0.29, 0.717) is 6.54 Å². The fourth-order valence-corrected chi connectivity index (χ4v) is 3.74. The number of benzene rings is 1. The molecule has 0 radical (unpaired) electrons. The molecule has 1 aromatic rings. The van der Waals surface area contributed by atoms with Crippen LogP contribution in [0, 0.1) is 0 Å². The summed E-state index contributed by atoms with van der Waals surface area (Å²) in [6.45, 7) is 2.00. The molecule has 0 unspecified atom stereocenters. The highest BCUT2D eigenvalue weighted by Gasteiger charge is 2.40. The van der Waals surface area contributed by atoms with Crippen LogP contribution in [0.15, 0.2) is 42.1 Å². The molecule has 2 aliphatic heterocycles. The second-order valence-corrected chi connectivity index (χ2v) is 7.23. The van der Waals surface area contributed by atoms with E-state index in [0.717, 1.165) is 31.5 Å². The number of nitrogens with zero attached hydrogens (tertiary/aromatic N) is 2. The summed E-state index contributed by atoms with van der Waals surface area (Å²) in [6.07, 6.45) is 8.07. The molecule has 2 heterocycles. The number of nitrogens with one attached hydrogen (secondary N) is 1. The SMILES string of the molecule is Cl.O=C(NCc1ccc2c(c1)CCN(C1=CC=C1)CC2)N1CCC(F)(F)C1. The summed E-state index contributed by atoms with van der Waals surface area (Å²) in [7, 11) is 0. The van der Waals surface area contributed by atoms with Gasteiger partial charge in [0.1, 0.15) is 0 Å². The van der Waals surface area contributed by atoms with Gasteiger partial charge in [-0.25, -0.2) is 13.6 Å². The molecular weight excluding hydrogens is 372 g/mol. The van der Waals surface area contributed by atoms with E-state index in [9.17, 15) is 13.6 Å². The van der Waals surface area contributed by atoms with Crippen molar-refractivity contribution >= 4 is 18.4 Å². The first-order chi connectivity index (χ1) is 12.5. The average Bonchev–Trinajstić information content (AvgIpc) is 2.81. The number of hydrogen-bond acceptors (Lipinski definition) is 2. The smallest absolute Gasteiger partial charge is 0.317 e. The van der Waals surface area contributed by atoms with Crippen molar-refractivity contribution < 1.29 is 13.6 Å². The van der Waals surface area contributed by atoms with Crippen LogP contribution in [-0.2, 0) is 19.4 Å². The van der Waals surface area contributed by atoms with Crippen molar-refractivity contribution in [1.82, 2.24) is 15.1 Å². The van der Waals surface area contributed by atoms with E-state index in [1.807, 2.05) is 6.07 Å². The zero-order valence-electron chi connectivity index (χ0n) is 15.1. The number of carbonyl (C=O) groups excluding carboxylic acids is 1. The molecule has 1 aliphatic carbocycles. The second-order valence-electron chi connectivity index (χ2n) is 7.23. The maximum atomic E-state index is 13.2. The minimum atomic E-state index is -2.75. The lowest BCUT2D eigenvalue weighted by molar-refractivity contribution is 0.0153. The lowest BCUT2D eigenvalue weighted by Crippen LogP contribution is -2.39. The van der Waals surface area contributed by atoms with Gasteiger partial charge in [0.25, 0.3) is 5.92 Å². The van der Waals surface area contributed by atoms with Crippen molar-refractivity contribution in [2.45, 2.75) is 31.7 Å². The van der Waals surface area contributed by atoms with Crippen LogP contribution in [-0.4, -0.2) is 47.9 Å². The Labute approximate surface area is 164 Å². The first-order valence-electron chi connectivity index (χ1n) is 9.15. The molecule has 0 spiro atoms. The normalized spacial score (nSPS) is 20.1. The topological polar surface area (TPSA) is 35.6 Å². The van der Waals surface area contributed by atoms with Crippen LogP contribution < -0.4 is 5.32 Å². The van der Waals surface area contributed by atoms with Gasteiger partial charge in [-0.1, -0.05) is 24.3 Å². The minimum Gasteiger partial charge on any atom is -0.371 e. The standard InChI is InChI=1S/C20H23F2N3O.ClH/c21-20(22)8-11-25(14-20)19(26)23-13-15-4-5-16-6-9-24(18-2-1-3-18)10-7-17(16)12-15;/h1-5,12H,6-11,13-14H2,(H,23,26);1H. The van der Waals surface area contributed by atoms with Crippen molar-refractivity contribution in [2.24, 2.45) is 0 Å². The Bertz CT molecular complexity index is 778. The average molecular weight is 396 g/mol. The number of allylic oxidation sites excluding steroid dienone is 3. The Hall–Kier alpha value is -2.08. The highest BCUT2D eigenvalue weighted by molar-refractivity contribution is 5.85. The number of rotatable bonds is 3. The van der Waals surface area contributed by atoms with Gasteiger partial charge >= 0.3 is 6.03 Å². The summed E-state index contributed by atoms with van der Waals surface area (Å²) < 4.78 is 26.5. The quantitative estimate of drug-likeness (QED) is 0.850. The van der Waals surface area contributed by atoms with Gasteiger partial charge in [0, 0.05) is 38.3 Å². The highest BCUT2D eigenvalue weighted by Crippen LogP contribution is 2.27. The summed E-state index contributed by atoms with van der Waals surface area (Å²) in [5, 5.41) is 2.77. The predicted molar refractivity (Wildman–Crippen MR) is 103 cm³/mol. The van der Waals surface area contributed by atoms with Crippen LogP contribution in [0.5, 0.6) is 0 Å². The first kappa shape index (κ1) is 19.7. The monoisotopic (exact) mass is 395 g/mol. The number of halogens is 3. The van der Waals surface area contributed by atoms with Crippen LogP contribution in [0.1, 0.15) is 23.1 Å². The third kappa shape index (κ3) is 4.43. The van der Waals surface area contributed by atoms with Crippen LogP contribution in [0.2, 0.25) is 0 Å². The predicted octanol–water partition coefficient (Wildman–Crippen LogP) is 3.51. The van der Waals surface area contributed by atoms with Crippen molar-refractivity contribution in [2.75, 3.05) is 26.2 Å². The van der Waals surface area contributed by atoms with Crippen molar-refractivity contribution in [3.8, 4) is 0 Å². The van der Waals surface area contributed by atoms with E-state index in [1.165, 1.54) is 21.7 Å². The number of likely N-dealkylation sites (tertiary alicyclic amines) is 1. The summed E-state index contributed by atoms with van der Waals surface area (Å²) in [5.74, 6) is -2.75. The molecule has 4 rings (SSSR count). The number of fused-ring (bicyclic) bond motifs is 1. The molecule has 2 amide bonds. The molecule has 1 N–H and O–H groups in total. The van der Waals surface area contributed by atoms with Crippen molar-refractivity contribution in [3.63, 3.8) is 0 Å². The van der Waals surface area contributed by atoms with E-state index in [4.69, 9.17) is 0 Å². The number of urea groups is 1. The molecule has 0 saturated carbocycles. The summed E-state index contributed by atoms with van der Waals surface area (Å²) in [5.41, 5.74) is 4.98. The van der Waals surface area contributed by atoms with Crippen LogP contribution in [0.4, 0.5) is 13.6 Å². The Balaban J connectivity index is 0.00000210. The molecule has 7 heteroatoms. The maximum Gasteiger partial charge on any atom is 0.317 e. The van der Waals surface area contributed by atoms with Gasteiger partial charge in [-0.2, -0.15) is 0 Å². The highest BCUT2D eigenvalue weighted by atomic mass is 35.5. The zero-order valence-corrected chi connectivity index (χ0v) is 15.9. The Kier molecular flexibility index (Phi) is 5.75. The molecule has 3 aliphatic rings. The van der Waals surface area contributed by atoms with Gasteiger partial charge in [-0.15, -0.1) is 12.4 Å². The van der Waals surface area contributed by atoms with Gasteiger partial charge in [-0.3, -0.25) is 0 Å². The lowest BCUT2D eigenvalue weighted by atomic mass is 10.00. The van der Waals surface area contributed by atoms with E-state index in [-0.39, 0.29) is 25.4 Å². The third-order valence-corrected chi connectivity index (χ3v) is 5.37. The Morgan fingerprint density at radius 1 is 1.15 bits per heavy atom. The van der Waals surface area contributed by atoms with Gasteiger partial charge in [0.15, 0.2) is 0 Å². The summed E-state index contributed by atoms with van der Waals surface area (Å²) >= 11 is 0. The van der Waals surface area contributed by atoms with E-state index in [2.05, 4.69) is 40.6 Å². The molecule has 4 nitrogen and oxygen atoms in total. The number of amides is 2. The number of hydrogen-bond donors (Lipinski definition) is 1. The lowest BCUT2D eigenvalue weighted by Gasteiger charge is -2.26. The zero-order chi connectivity index (χ0) is 18.1. The van der Waals surface area contributed by atoms with Crippen LogP contribution in [0.25, 0.3) is 0 Å². The second kappa shape index (κ2) is 7.89. The fourth-order valence-electron chi connectivity index (χ4n) is 3.74. The maximum absolute atomic E-state index is 13.2. The van der Waals surface area contributed by atoms with Crippen molar-refractivity contribution in [3.05, 3.63) is 58.8 Å². The fraction of sp³-hybridized carbons (Fsp3) is 0.450. The van der Waals surface area contributed by atoms with E-state index >= 15 is 0 Å². The molecule has 146 valence electrons. The first-order valence-corrected chi connectivity index (χ1v) is 9.15. The largest absolute Gasteiger partial charge is 0.371 e. The van der Waals surface area contributed by atoms with Gasteiger partial charge in [0.2, 0.25) is 0 Å². The molecule has 1 saturated heterocycles. The summed E-state index contributed by atoms with van der Waals surface area (Å²) in [4.78, 5) is 15.7. The van der Waals surface area contributed by atoms with E-state index in [1.54, 1.807) is 0 Å². The third-order valence-electron chi connectivity index (χ3n) is 5.37. The minimum absolute atomic E-state index is 0. The number of alkyl halides is 2. The molecule has 1 aromatic carbocycles. The van der Waals surface area contributed by atoms with Gasteiger partial charge in [0.05, 0.1) is 6.54 Å². The Morgan fingerprint density at radius 3 is 2.52 bits per heavy atom. The van der Waals surface area contributed by atoms with Crippen LogP contribution >= 0.6 is 12.4 Å². The molecule has 27 heavy (non-hydrogen) atoms. The molecule has 0 bridgehead atoms. The Morgan fingerprint density at radius 2 is 1.89 bits per heavy atom. The van der Waals surface area contributed by atoms with Gasteiger partial charge < -0.3 is 15.1 Å². The number of carbonyl (C=O) groups is 1. The van der Waals surface area contributed by atoms with Crippen molar-refractivity contribution in [1.29, 1.82) is 0 Å². The summed E-state index contributed by atoms with van der Waals surface area (Å²) in [6, 6.07) is 5.89. The van der Waals surface area contributed by atoms with Crippen LogP contribution in [0.3, 0.4) is 0 Å². The van der Waals surface area contributed by atoms with Gasteiger partial charge in [-0.05, 0) is 41.7 Å². The molecule has 0 atom stereocenters.